The third kappa shape index (κ3) is 9.34. The number of ether oxygens (including phenoxy) is 2. The fourth-order valence-electron chi connectivity index (χ4n) is 4.53. The van der Waals surface area contributed by atoms with Gasteiger partial charge < -0.3 is 20.1 Å². The Balaban J connectivity index is 1.24. The van der Waals surface area contributed by atoms with E-state index in [2.05, 4.69) is 10.6 Å². The van der Waals surface area contributed by atoms with Crippen molar-refractivity contribution in [3.63, 3.8) is 0 Å². The molecule has 4 aromatic rings. The van der Waals surface area contributed by atoms with Gasteiger partial charge in [-0.15, -0.1) is 0 Å². The Labute approximate surface area is 251 Å². The molecule has 222 valence electrons. The van der Waals surface area contributed by atoms with E-state index >= 15 is 0 Å². The molecule has 1 atom stereocenters. The van der Waals surface area contributed by atoms with Gasteiger partial charge in [0.25, 0.3) is 0 Å². The zero-order chi connectivity index (χ0) is 30.4. The Kier molecular flexibility index (Phi) is 11.6. The average Bonchev–Trinajstić information content (AvgIpc) is 3.05. The van der Waals surface area contributed by atoms with E-state index < -0.39 is 12.0 Å². The summed E-state index contributed by atoms with van der Waals surface area (Å²) in [7, 11) is 1.34. The molecule has 0 saturated carbocycles. The number of hydrogen-bond acceptors (Lipinski definition) is 7. The standard InChI is InChI=1S/C35H35FN2O5/c1-42-35(41)32(38-31-11-6-5-10-30(31)34(40)27-8-3-2-4-9-27)24-25-12-18-29(19-13-25)43-23-7-21-37-22-20-33(39)26-14-16-28(36)17-15-26/h2-6,8-19,32,37-38H,7,20-24H2,1H3. The van der Waals surface area contributed by atoms with Crippen LogP contribution in [0.25, 0.3) is 0 Å². The monoisotopic (exact) mass is 582 g/mol. The van der Waals surface area contributed by atoms with Crippen LogP contribution in [0.5, 0.6) is 5.75 Å². The maximum absolute atomic E-state index is 13.1. The highest BCUT2D eigenvalue weighted by Crippen LogP contribution is 2.22. The van der Waals surface area contributed by atoms with E-state index in [1.807, 2.05) is 48.5 Å². The van der Waals surface area contributed by atoms with Gasteiger partial charge in [-0.05, 0) is 67.1 Å². The first-order valence-corrected chi connectivity index (χ1v) is 14.2. The van der Waals surface area contributed by atoms with Gasteiger partial charge >= 0.3 is 5.97 Å². The van der Waals surface area contributed by atoms with Gasteiger partial charge in [-0.2, -0.15) is 0 Å². The number of nitrogens with one attached hydrogen (secondary N) is 2. The fraction of sp³-hybridized carbons (Fsp3) is 0.229. The van der Waals surface area contributed by atoms with Crippen molar-refractivity contribution in [3.8, 4) is 5.75 Å². The number of halogens is 1. The van der Waals surface area contributed by atoms with E-state index in [0.717, 1.165) is 12.0 Å². The van der Waals surface area contributed by atoms with E-state index in [1.165, 1.54) is 31.4 Å². The highest BCUT2D eigenvalue weighted by atomic mass is 19.1. The lowest BCUT2D eigenvalue weighted by Gasteiger charge is -2.20. The largest absolute Gasteiger partial charge is 0.494 e. The molecule has 4 aromatic carbocycles. The second-order valence-electron chi connectivity index (χ2n) is 9.94. The predicted octanol–water partition coefficient (Wildman–Crippen LogP) is 5.88. The van der Waals surface area contributed by atoms with Crippen LogP contribution in [-0.4, -0.2) is 50.4 Å². The number of anilines is 1. The molecule has 7 nitrogen and oxygen atoms in total. The number of carbonyl (C=O) groups excluding carboxylic acids is 3. The van der Waals surface area contributed by atoms with Crippen LogP contribution in [0.3, 0.4) is 0 Å². The van der Waals surface area contributed by atoms with Crippen molar-refractivity contribution in [2.45, 2.75) is 25.3 Å². The van der Waals surface area contributed by atoms with E-state index in [1.54, 1.807) is 30.3 Å². The first kappa shape index (κ1) is 31.1. The van der Waals surface area contributed by atoms with Crippen LogP contribution in [0.4, 0.5) is 10.1 Å². The van der Waals surface area contributed by atoms with E-state index in [-0.39, 0.29) is 17.4 Å². The topological polar surface area (TPSA) is 93.7 Å². The Bertz CT molecular complexity index is 1490. The Hall–Kier alpha value is -4.82. The molecule has 0 heterocycles. The van der Waals surface area contributed by atoms with Crippen LogP contribution >= 0.6 is 0 Å². The minimum Gasteiger partial charge on any atom is -0.494 e. The van der Waals surface area contributed by atoms with Crippen LogP contribution in [0.1, 0.15) is 44.7 Å². The van der Waals surface area contributed by atoms with Gasteiger partial charge in [-0.3, -0.25) is 9.59 Å². The summed E-state index contributed by atoms with van der Waals surface area (Å²) in [5.41, 5.74) is 3.00. The lowest BCUT2D eigenvalue weighted by atomic mass is 10.00. The normalized spacial score (nSPS) is 11.4. The minimum absolute atomic E-state index is 0.0293. The zero-order valence-electron chi connectivity index (χ0n) is 24.1. The summed E-state index contributed by atoms with van der Waals surface area (Å²) in [5, 5.41) is 6.44. The number of carbonyl (C=O) groups is 3. The smallest absolute Gasteiger partial charge is 0.328 e. The van der Waals surface area contributed by atoms with Crippen LogP contribution in [-0.2, 0) is 16.0 Å². The summed E-state index contributed by atoms with van der Waals surface area (Å²) < 4.78 is 23.9. The molecule has 0 aliphatic rings. The summed E-state index contributed by atoms with van der Waals surface area (Å²) in [5.74, 6) is -0.256. The van der Waals surface area contributed by atoms with Gasteiger partial charge in [0.1, 0.15) is 17.6 Å². The molecule has 43 heavy (non-hydrogen) atoms. The number of esters is 1. The van der Waals surface area contributed by atoms with Crippen LogP contribution in [0.15, 0.2) is 103 Å². The number of para-hydroxylation sites is 1. The number of hydrogen-bond donors (Lipinski definition) is 2. The van der Waals surface area contributed by atoms with E-state index in [9.17, 15) is 18.8 Å². The van der Waals surface area contributed by atoms with Gasteiger partial charge in [-0.1, -0.05) is 54.6 Å². The third-order valence-electron chi connectivity index (χ3n) is 6.85. The zero-order valence-corrected chi connectivity index (χ0v) is 24.1. The van der Waals surface area contributed by atoms with Crippen LogP contribution in [0.2, 0.25) is 0 Å². The molecule has 0 aromatic heterocycles. The van der Waals surface area contributed by atoms with Crippen molar-refractivity contribution in [2.24, 2.45) is 0 Å². The first-order valence-electron chi connectivity index (χ1n) is 14.2. The maximum Gasteiger partial charge on any atom is 0.328 e. The average molecular weight is 583 g/mol. The molecule has 0 radical (unpaired) electrons. The minimum atomic E-state index is -0.706. The van der Waals surface area contributed by atoms with Crippen molar-refractivity contribution in [3.05, 3.63) is 131 Å². The van der Waals surface area contributed by atoms with Crippen molar-refractivity contribution < 1.29 is 28.2 Å². The molecule has 0 fully saturated rings. The lowest BCUT2D eigenvalue weighted by Crippen LogP contribution is -2.33. The summed E-state index contributed by atoms with van der Waals surface area (Å²) in [6, 6.07) is 28.5. The summed E-state index contributed by atoms with van der Waals surface area (Å²) in [6.07, 6.45) is 1.44. The molecular weight excluding hydrogens is 547 g/mol. The summed E-state index contributed by atoms with van der Waals surface area (Å²) in [4.78, 5) is 37.9. The summed E-state index contributed by atoms with van der Waals surface area (Å²) >= 11 is 0. The van der Waals surface area contributed by atoms with Gasteiger partial charge in [0.2, 0.25) is 0 Å². The Morgan fingerprint density at radius 3 is 2.21 bits per heavy atom. The molecule has 0 aliphatic heterocycles. The molecule has 8 heteroatoms. The first-order chi connectivity index (χ1) is 20.9. The maximum atomic E-state index is 13.1. The molecular formula is C35H35FN2O5. The number of Topliss-reactive ketones (excluding diaryl/α,β-unsaturated/α-hetero) is 1. The highest BCUT2D eigenvalue weighted by Gasteiger charge is 2.22. The van der Waals surface area contributed by atoms with Gasteiger partial charge in [0.15, 0.2) is 11.6 Å². The molecule has 0 bridgehead atoms. The van der Waals surface area contributed by atoms with E-state index in [4.69, 9.17) is 9.47 Å². The lowest BCUT2D eigenvalue weighted by molar-refractivity contribution is -0.141. The second-order valence-corrected chi connectivity index (χ2v) is 9.94. The Morgan fingerprint density at radius 1 is 0.791 bits per heavy atom. The number of rotatable bonds is 16. The molecule has 0 aliphatic carbocycles. The van der Waals surface area contributed by atoms with Crippen molar-refractivity contribution in [2.75, 3.05) is 32.1 Å². The van der Waals surface area contributed by atoms with Gasteiger partial charge in [0.05, 0.1) is 13.7 Å². The quantitative estimate of drug-likeness (QED) is 0.0968. The Morgan fingerprint density at radius 2 is 1.49 bits per heavy atom. The van der Waals surface area contributed by atoms with Crippen molar-refractivity contribution >= 4 is 23.2 Å². The molecule has 0 saturated heterocycles. The van der Waals surface area contributed by atoms with Gasteiger partial charge in [-0.25, -0.2) is 9.18 Å². The number of methoxy groups -OCH3 is 1. The molecule has 2 N–H and O–H groups in total. The molecule has 1 unspecified atom stereocenters. The number of benzene rings is 4. The second kappa shape index (κ2) is 16.0. The fourth-order valence-corrected chi connectivity index (χ4v) is 4.53. The molecule has 0 amide bonds. The van der Waals surface area contributed by atoms with Crippen molar-refractivity contribution in [1.82, 2.24) is 5.32 Å². The SMILES string of the molecule is COC(=O)C(Cc1ccc(OCCCNCCC(=O)c2ccc(F)cc2)cc1)Nc1ccccc1C(=O)c1ccccc1. The van der Waals surface area contributed by atoms with Gasteiger partial charge in [0, 0.05) is 41.8 Å². The summed E-state index contributed by atoms with van der Waals surface area (Å²) in [6.45, 7) is 1.72. The highest BCUT2D eigenvalue weighted by molar-refractivity contribution is 6.12. The number of ketones is 2. The predicted molar refractivity (Wildman–Crippen MR) is 164 cm³/mol. The molecule has 0 spiro atoms. The van der Waals surface area contributed by atoms with E-state index in [0.29, 0.717) is 60.7 Å². The molecule has 4 rings (SSSR count). The third-order valence-corrected chi connectivity index (χ3v) is 6.85. The van der Waals surface area contributed by atoms with Crippen molar-refractivity contribution in [1.29, 1.82) is 0 Å². The van der Waals surface area contributed by atoms with Crippen LogP contribution < -0.4 is 15.4 Å². The van der Waals surface area contributed by atoms with Crippen LogP contribution in [0, 0.1) is 5.82 Å².